The Hall–Kier alpha value is -0.970. The third-order valence-corrected chi connectivity index (χ3v) is 1.29. The molecule has 0 bridgehead atoms. The van der Waals surface area contributed by atoms with Gasteiger partial charge in [-0.1, -0.05) is 6.08 Å². The van der Waals surface area contributed by atoms with Crippen LogP contribution in [-0.4, -0.2) is 5.54 Å². The van der Waals surface area contributed by atoms with Gasteiger partial charge in [-0.2, -0.15) is 5.26 Å². The largest absolute Gasteiger partial charge is 0.374 e. The molecule has 1 unspecified atom stereocenters. The van der Waals surface area contributed by atoms with Gasteiger partial charge < -0.3 is 5.32 Å². The molecule has 42 valence electrons. The molecule has 1 aliphatic rings. The number of nitrogens with zero attached hydrogens (tertiary/aromatic N) is 1. The predicted molar refractivity (Wildman–Crippen MR) is 30.9 cm³/mol. The van der Waals surface area contributed by atoms with E-state index in [-0.39, 0.29) is 5.54 Å². The van der Waals surface area contributed by atoms with Gasteiger partial charge in [-0.25, -0.2) is 0 Å². The summed E-state index contributed by atoms with van der Waals surface area (Å²) in [5, 5.41) is 11.4. The fourth-order valence-electron chi connectivity index (χ4n) is 0.674. The van der Waals surface area contributed by atoms with Crippen molar-refractivity contribution in [1.82, 2.24) is 5.32 Å². The van der Waals surface area contributed by atoms with E-state index in [9.17, 15) is 0 Å². The Kier molecular flexibility index (Phi) is 0.980. The molecule has 0 aliphatic carbocycles. The number of rotatable bonds is 0. The smallest absolute Gasteiger partial charge is 0.125 e. The van der Waals surface area contributed by atoms with Gasteiger partial charge in [-0.05, 0) is 13.1 Å². The Morgan fingerprint density at radius 3 is 2.88 bits per heavy atom. The van der Waals surface area contributed by atoms with Crippen LogP contribution in [0, 0.1) is 11.3 Å². The van der Waals surface area contributed by atoms with Crippen molar-refractivity contribution in [1.29, 1.82) is 5.26 Å². The summed E-state index contributed by atoms with van der Waals surface area (Å²) < 4.78 is 0. The summed E-state index contributed by atoms with van der Waals surface area (Å²) >= 11 is 0. The standard InChI is InChI=1S/C6H8N2/c1-6(5-7)3-2-4-8-6/h2,4,8H,3H2,1H3. The van der Waals surface area contributed by atoms with Gasteiger partial charge in [0.25, 0.3) is 0 Å². The third kappa shape index (κ3) is 0.671. The molecule has 0 amide bonds. The molecule has 0 aromatic rings. The summed E-state index contributed by atoms with van der Waals surface area (Å²) in [6, 6.07) is 2.17. The highest BCUT2D eigenvalue weighted by Crippen LogP contribution is 2.13. The molecule has 0 spiro atoms. The van der Waals surface area contributed by atoms with Crippen molar-refractivity contribution in [3.63, 3.8) is 0 Å². The fraction of sp³-hybridized carbons (Fsp3) is 0.500. The molecule has 0 saturated heterocycles. The molecule has 1 N–H and O–H groups in total. The van der Waals surface area contributed by atoms with Crippen LogP contribution in [0.1, 0.15) is 13.3 Å². The van der Waals surface area contributed by atoms with Crippen LogP contribution in [0.5, 0.6) is 0 Å². The van der Waals surface area contributed by atoms with E-state index in [2.05, 4.69) is 11.4 Å². The zero-order valence-corrected chi connectivity index (χ0v) is 4.81. The molecule has 8 heavy (non-hydrogen) atoms. The first-order valence-corrected chi connectivity index (χ1v) is 2.61. The second kappa shape index (κ2) is 1.52. The van der Waals surface area contributed by atoms with E-state index in [0.29, 0.717) is 0 Å². The molecule has 0 aromatic carbocycles. The lowest BCUT2D eigenvalue weighted by Gasteiger charge is -2.12. The van der Waals surface area contributed by atoms with Crippen molar-refractivity contribution < 1.29 is 0 Å². The molecule has 2 heteroatoms. The highest BCUT2D eigenvalue weighted by Gasteiger charge is 2.22. The Morgan fingerprint density at radius 1 is 1.88 bits per heavy atom. The number of nitrogens with one attached hydrogen (secondary N) is 1. The summed E-state index contributed by atoms with van der Waals surface area (Å²) in [5.41, 5.74) is -0.319. The average molecular weight is 108 g/mol. The molecule has 0 fully saturated rings. The SMILES string of the molecule is CC1(C#N)CC=CN1. The normalized spacial score (nSPS) is 34.0. The zero-order valence-electron chi connectivity index (χ0n) is 4.81. The van der Waals surface area contributed by atoms with Crippen LogP contribution in [0.4, 0.5) is 0 Å². The predicted octanol–water partition coefficient (Wildman–Crippen LogP) is 0.776. The molecule has 0 aromatic heterocycles. The number of hydrogen-bond donors (Lipinski definition) is 1. The van der Waals surface area contributed by atoms with Gasteiger partial charge >= 0.3 is 0 Å². The molecule has 0 saturated carbocycles. The van der Waals surface area contributed by atoms with E-state index in [0.717, 1.165) is 6.42 Å². The second-order valence-corrected chi connectivity index (χ2v) is 2.19. The van der Waals surface area contributed by atoms with Crippen LogP contribution in [0.25, 0.3) is 0 Å². The molecular formula is C6H8N2. The highest BCUT2D eigenvalue weighted by atomic mass is 15.0. The van der Waals surface area contributed by atoms with Crippen molar-refractivity contribution in [2.75, 3.05) is 0 Å². The Labute approximate surface area is 48.8 Å². The van der Waals surface area contributed by atoms with Gasteiger partial charge in [0.15, 0.2) is 0 Å². The van der Waals surface area contributed by atoms with Crippen LogP contribution in [-0.2, 0) is 0 Å². The lowest BCUT2D eigenvalue weighted by atomic mass is 10.0. The van der Waals surface area contributed by atoms with Gasteiger partial charge in [-0.3, -0.25) is 0 Å². The maximum Gasteiger partial charge on any atom is 0.125 e. The topological polar surface area (TPSA) is 35.8 Å². The van der Waals surface area contributed by atoms with Gasteiger partial charge in [0.05, 0.1) is 6.07 Å². The number of hydrogen-bond acceptors (Lipinski definition) is 2. The van der Waals surface area contributed by atoms with Crippen LogP contribution in [0.15, 0.2) is 12.3 Å². The minimum absolute atomic E-state index is 0.319. The quantitative estimate of drug-likeness (QED) is 0.497. The summed E-state index contributed by atoms with van der Waals surface area (Å²) in [7, 11) is 0. The molecule has 1 heterocycles. The van der Waals surface area contributed by atoms with E-state index >= 15 is 0 Å². The monoisotopic (exact) mass is 108 g/mol. The zero-order chi connectivity index (χ0) is 6.04. The number of nitriles is 1. The first-order valence-electron chi connectivity index (χ1n) is 2.61. The molecule has 1 rings (SSSR count). The van der Waals surface area contributed by atoms with Crippen molar-refractivity contribution >= 4 is 0 Å². The van der Waals surface area contributed by atoms with E-state index in [4.69, 9.17) is 5.26 Å². The molecule has 0 radical (unpaired) electrons. The molecule has 1 aliphatic heterocycles. The second-order valence-electron chi connectivity index (χ2n) is 2.19. The minimum atomic E-state index is -0.319. The maximum absolute atomic E-state index is 8.47. The van der Waals surface area contributed by atoms with E-state index < -0.39 is 0 Å². The van der Waals surface area contributed by atoms with Gasteiger partial charge in [0.2, 0.25) is 0 Å². The Balaban J connectivity index is 2.63. The van der Waals surface area contributed by atoms with Crippen LogP contribution in [0.3, 0.4) is 0 Å². The lowest BCUT2D eigenvalue weighted by molar-refractivity contribution is 0.553. The summed E-state index contributed by atoms with van der Waals surface area (Å²) in [4.78, 5) is 0. The lowest BCUT2D eigenvalue weighted by Crippen LogP contribution is -2.32. The van der Waals surface area contributed by atoms with Crippen LogP contribution >= 0.6 is 0 Å². The Morgan fingerprint density at radius 2 is 2.62 bits per heavy atom. The first-order chi connectivity index (χ1) is 3.77. The summed E-state index contributed by atoms with van der Waals surface area (Å²) in [5.74, 6) is 0. The van der Waals surface area contributed by atoms with Crippen molar-refractivity contribution in [3.8, 4) is 6.07 Å². The van der Waals surface area contributed by atoms with Crippen molar-refractivity contribution in [2.24, 2.45) is 0 Å². The van der Waals surface area contributed by atoms with Crippen LogP contribution < -0.4 is 5.32 Å². The fourth-order valence-corrected chi connectivity index (χ4v) is 0.674. The van der Waals surface area contributed by atoms with E-state index in [1.807, 2.05) is 19.2 Å². The highest BCUT2D eigenvalue weighted by molar-refractivity contribution is 5.15. The van der Waals surface area contributed by atoms with Crippen LogP contribution in [0.2, 0.25) is 0 Å². The summed E-state index contributed by atoms with van der Waals surface area (Å²) in [6.45, 7) is 1.88. The summed E-state index contributed by atoms with van der Waals surface area (Å²) in [6.07, 6.45) is 4.61. The first kappa shape index (κ1) is 5.17. The van der Waals surface area contributed by atoms with Gasteiger partial charge in [0.1, 0.15) is 5.54 Å². The van der Waals surface area contributed by atoms with Gasteiger partial charge in [0, 0.05) is 6.42 Å². The minimum Gasteiger partial charge on any atom is -0.374 e. The van der Waals surface area contributed by atoms with Crippen molar-refractivity contribution in [2.45, 2.75) is 18.9 Å². The molecule has 1 atom stereocenters. The maximum atomic E-state index is 8.47. The third-order valence-electron chi connectivity index (χ3n) is 1.29. The molecular weight excluding hydrogens is 100 g/mol. The van der Waals surface area contributed by atoms with Gasteiger partial charge in [-0.15, -0.1) is 0 Å². The molecule has 2 nitrogen and oxygen atoms in total. The Bertz CT molecular complexity index is 144. The van der Waals surface area contributed by atoms with Crippen molar-refractivity contribution in [3.05, 3.63) is 12.3 Å². The average Bonchev–Trinajstić information content (AvgIpc) is 2.17. The van der Waals surface area contributed by atoms with E-state index in [1.165, 1.54) is 0 Å². The van der Waals surface area contributed by atoms with E-state index in [1.54, 1.807) is 0 Å².